The van der Waals surface area contributed by atoms with Crippen molar-refractivity contribution in [1.29, 1.82) is 0 Å². The van der Waals surface area contributed by atoms with E-state index in [1.54, 1.807) is 0 Å². The van der Waals surface area contributed by atoms with E-state index in [9.17, 15) is 30.5 Å². The Morgan fingerprint density at radius 3 is 2.06 bits per heavy atom. The summed E-state index contributed by atoms with van der Waals surface area (Å²) in [7, 11) is -6.62. The van der Waals surface area contributed by atoms with Crippen LogP contribution >= 0.6 is 0 Å². The zero-order valence-electron chi connectivity index (χ0n) is 7.44. The molecule has 1 atom stereocenters. The number of ether oxygens (including phenoxy) is 1. The van der Waals surface area contributed by atoms with Crippen LogP contribution in [0.5, 0.6) is 0 Å². The first-order valence-electron chi connectivity index (χ1n) is 3.59. The highest BCUT2D eigenvalue weighted by molar-refractivity contribution is 7.86. The summed E-state index contributed by atoms with van der Waals surface area (Å²) >= 11 is 0. The first-order chi connectivity index (χ1) is 6.95. The van der Waals surface area contributed by atoms with Crippen molar-refractivity contribution < 1.29 is 45.5 Å². The number of hydrogen-bond acceptors (Lipinski definition) is 6. The molecule has 0 bridgehead atoms. The molecule has 11 heteroatoms. The lowest BCUT2D eigenvalue weighted by molar-refractivity contribution is -0.324. The van der Waals surface area contributed by atoms with Crippen molar-refractivity contribution in [1.82, 2.24) is 0 Å². The summed E-state index contributed by atoms with van der Waals surface area (Å²) in [6, 6.07) is 0. The van der Waals surface area contributed by atoms with E-state index in [0.29, 0.717) is 0 Å². The van der Waals surface area contributed by atoms with Gasteiger partial charge < -0.3 is 19.5 Å². The summed E-state index contributed by atoms with van der Waals surface area (Å²) < 4.78 is 82.2. The Balaban J connectivity index is 4.79. The maximum absolute atomic E-state index is 12.5. The molecular weight excluding hydrogens is 264 g/mol. The molecule has 98 valence electrons. The largest absolute Gasteiger partial charge is 0.743 e. The van der Waals surface area contributed by atoms with Crippen LogP contribution in [-0.4, -0.2) is 53.9 Å². The van der Waals surface area contributed by atoms with Crippen LogP contribution in [0, 0.1) is 0 Å². The minimum Gasteiger partial charge on any atom is -0.743 e. The van der Waals surface area contributed by atoms with Crippen LogP contribution in [0.3, 0.4) is 0 Å². The minimum atomic E-state index is -6.62. The molecule has 0 aromatic rings. The molecule has 0 saturated carbocycles. The Labute approximate surface area is 87.2 Å². The second kappa shape index (κ2) is 4.79. The third-order valence-electron chi connectivity index (χ3n) is 1.32. The van der Waals surface area contributed by atoms with Gasteiger partial charge in [0.15, 0.2) is 10.1 Å². The van der Waals surface area contributed by atoms with Gasteiger partial charge in [0, 0.05) is 0 Å². The maximum atomic E-state index is 12.5. The molecule has 0 aliphatic carbocycles. The Bertz CT molecular complexity index is 328. The third kappa shape index (κ3) is 3.25. The van der Waals surface area contributed by atoms with Crippen molar-refractivity contribution in [3.8, 4) is 0 Å². The highest BCUT2D eigenvalue weighted by atomic mass is 32.2. The van der Waals surface area contributed by atoms with E-state index in [2.05, 4.69) is 4.74 Å². The SMILES string of the molecule is O=S(=O)([O-])C(F)(F)C(F)(F)OCC(O)CO. The number of halogens is 4. The summed E-state index contributed by atoms with van der Waals surface area (Å²) in [5.41, 5.74) is 0. The Hall–Kier alpha value is -0.490. The quantitative estimate of drug-likeness (QED) is 0.478. The molecule has 0 aliphatic heterocycles. The van der Waals surface area contributed by atoms with Gasteiger partial charge in [-0.25, -0.2) is 8.42 Å². The number of hydrogen-bond donors (Lipinski definition) is 2. The van der Waals surface area contributed by atoms with Gasteiger partial charge in [-0.2, -0.15) is 17.6 Å². The molecule has 0 radical (unpaired) electrons. The highest BCUT2D eigenvalue weighted by Crippen LogP contribution is 2.38. The average molecular weight is 271 g/mol. The van der Waals surface area contributed by atoms with Gasteiger partial charge in [-0.05, 0) is 0 Å². The summed E-state index contributed by atoms with van der Waals surface area (Å²) in [6.45, 7) is -2.53. The number of alkyl halides is 4. The molecule has 1 unspecified atom stereocenters. The van der Waals surface area contributed by atoms with E-state index < -0.39 is 40.8 Å². The molecule has 16 heavy (non-hydrogen) atoms. The van der Waals surface area contributed by atoms with Gasteiger partial charge in [0.25, 0.3) is 0 Å². The van der Waals surface area contributed by atoms with Crippen molar-refractivity contribution in [2.24, 2.45) is 0 Å². The molecule has 0 aromatic carbocycles. The fourth-order valence-corrected chi connectivity index (χ4v) is 0.833. The van der Waals surface area contributed by atoms with Gasteiger partial charge in [0.05, 0.1) is 13.2 Å². The van der Waals surface area contributed by atoms with Gasteiger partial charge >= 0.3 is 11.4 Å². The fourth-order valence-electron chi connectivity index (χ4n) is 0.483. The zero-order chi connectivity index (χ0) is 13.2. The van der Waals surface area contributed by atoms with Crippen molar-refractivity contribution in [3.05, 3.63) is 0 Å². The second-order valence-corrected chi connectivity index (χ2v) is 4.06. The van der Waals surface area contributed by atoms with Crippen LogP contribution in [0.2, 0.25) is 0 Å². The normalized spacial score (nSPS) is 16.2. The predicted octanol–water partition coefficient (Wildman–Crippen LogP) is -0.913. The van der Waals surface area contributed by atoms with E-state index in [1.165, 1.54) is 0 Å². The van der Waals surface area contributed by atoms with Gasteiger partial charge in [-0.1, -0.05) is 0 Å². The lowest BCUT2D eigenvalue weighted by atomic mass is 10.4. The first-order valence-corrected chi connectivity index (χ1v) is 5.00. The fraction of sp³-hybridized carbons (Fsp3) is 1.00. The van der Waals surface area contributed by atoms with E-state index in [4.69, 9.17) is 10.2 Å². The minimum absolute atomic E-state index is 1.06. The van der Waals surface area contributed by atoms with Gasteiger partial charge in [-0.15, -0.1) is 0 Å². The Morgan fingerprint density at radius 1 is 1.31 bits per heavy atom. The van der Waals surface area contributed by atoms with Gasteiger partial charge in [-0.3, -0.25) is 0 Å². The zero-order valence-corrected chi connectivity index (χ0v) is 8.26. The Morgan fingerprint density at radius 2 is 1.75 bits per heavy atom. The standard InChI is InChI=1S/C5H8F4O6S/c6-4(7,15-2-3(11)1-10)5(8,9)16(12,13)14/h3,10-11H,1-2H2,(H,12,13,14)/p-1. The molecule has 0 fully saturated rings. The van der Waals surface area contributed by atoms with Crippen LogP contribution < -0.4 is 0 Å². The highest BCUT2D eigenvalue weighted by Gasteiger charge is 2.63. The van der Waals surface area contributed by atoms with Crippen LogP contribution in [-0.2, 0) is 14.9 Å². The van der Waals surface area contributed by atoms with E-state index in [0.717, 1.165) is 0 Å². The smallest absolute Gasteiger partial charge is 0.433 e. The van der Waals surface area contributed by atoms with Gasteiger partial charge in [0.1, 0.15) is 6.10 Å². The number of rotatable bonds is 6. The average Bonchev–Trinajstić information content (AvgIpc) is 2.12. The second-order valence-electron chi connectivity index (χ2n) is 2.64. The number of aliphatic hydroxyl groups excluding tert-OH is 2. The molecule has 0 saturated heterocycles. The van der Waals surface area contributed by atoms with Crippen molar-refractivity contribution in [2.45, 2.75) is 17.5 Å². The van der Waals surface area contributed by atoms with Crippen LogP contribution in [0.15, 0.2) is 0 Å². The molecule has 0 aromatic heterocycles. The molecule has 2 N–H and O–H groups in total. The van der Waals surface area contributed by atoms with Gasteiger partial charge in [0.2, 0.25) is 0 Å². The lowest BCUT2D eigenvalue weighted by Gasteiger charge is -2.28. The maximum Gasteiger partial charge on any atom is 0.433 e. The summed E-state index contributed by atoms with van der Waals surface area (Å²) in [4.78, 5) is 0. The third-order valence-corrected chi connectivity index (χ3v) is 2.19. The lowest BCUT2D eigenvalue weighted by Crippen LogP contribution is -2.49. The monoisotopic (exact) mass is 271 g/mol. The van der Waals surface area contributed by atoms with E-state index in [-0.39, 0.29) is 0 Å². The topological polar surface area (TPSA) is 107 Å². The van der Waals surface area contributed by atoms with Crippen molar-refractivity contribution in [2.75, 3.05) is 13.2 Å². The summed E-state index contributed by atoms with van der Waals surface area (Å²) in [5.74, 6) is 0. The summed E-state index contributed by atoms with van der Waals surface area (Å²) in [5, 5.41) is 10.7. The molecule has 0 aliphatic rings. The molecule has 0 spiro atoms. The van der Waals surface area contributed by atoms with Crippen molar-refractivity contribution in [3.63, 3.8) is 0 Å². The number of aliphatic hydroxyl groups is 2. The first kappa shape index (κ1) is 15.5. The van der Waals surface area contributed by atoms with Crippen LogP contribution in [0.4, 0.5) is 17.6 Å². The summed E-state index contributed by atoms with van der Waals surface area (Å²) in [6.07, 6.45) is -7.50. The molecule has 6 nitrogen and oxygen atoms in total. The van der Waals surface area contributed by atoms with E-state index in [1.807, 2.05) is 0 Å². The molecule has 0 rings (SSSR count). The van der Waals surface area contributed by atoms with E-state index >= 15 is 0 Å². The van der Waals surface area contributed by atoms with Crippen LogP contribution in [0.1, 0.15) is 0 Å². The van der Waals surface area contributed by atoms with Crippen molar-refractivity contribution >= 4 is 10.1 Å². The predicted molar refractivity (Wildman–Crippen MR) is 38.6 cm³/mol. The molecule has 0 heterocycles. The van der Waals surface area contributed by atoms with Crippen LogP contribution in [0.25, 0.3) is 0 Å². The Kier molecular flexibility index (Phi) is 4.64. The molecular formula is C5H7F4O6S-. The molecule has 0 amide bonds.